The molecule has 8 nitrogen and oxygen atoms in total. The molecule has 0 aliphatic heterocycles. The van der Waals surface area contributed by atoms with E-state index < -0.39 is 32.6 Å². The third kappa shape index (κ3) is 4.37. The lowest BCUT2D eigenvalue weighted by molar-refractivity contribution is 0.0605. The van der Waals surface area contributed by atoms with E-state index >= 15 is 0 Å². The highest BCUT2D eigenvalue weighted by atomic mass is 32.2. The van der Waals surface area contributed by atoms with Crippen molar-refractivity contribution in [1.29, 1.82) is 0 Å². The Morgan fingerprint density at radius 3 is 2.50 bits per heavy atom. The fourth-order valence-corrected chi connectivity index (χ4v) is 4.87. The molecule has 1 aromatic carbocycles. The molecule has 1 heterocycles. The molecule has 1 N–H and O–H groups in total. The van der Waals surface area contributed by atoms with Gasteiger partial charge in [0.15, 0.2) is 5.13 Å². The quantitative estimate of drug-likeness (QED) is 0.679. The van der Waals surface area contributed by atoms with Crippen LogP contribution < -0.4 is 5.32 Å². The fourth-order valence-electron chi connectivity index (χ4n) is 2.45. The van der Waals surface area contributed by atoms with Gasteiger partial charge in [-0.05, 0) is 25.1 Å². The Kier molecular flexibility index (Phi) is 6.86. The zero-order valence-corrected chi connectivity index (χ0v) is 17.4. The Bertz CT molecular complexity index is 1000. The van der Waals surface area contributed by atoms with Crippen molar-refractivity contribution in [3.05, 3.63) is 40.2 Å². The van der Waals surface area contributed by atoms with E-state index in [1.165, 1.54) is 13.2 Å². The zero-order chi connectivity index (χ0) is 21.1. The van der Waals surface area contributed by atoms with Crippen molar-refractivity contribution in [3.8, 4) is 0 Å². The van der Waals surface area contributed by atoms with Gasteiger partial charge in [-0.3, -0.25) is 10.1 Å². The molecule has 2 rings (SSSR count). The second-order valence-electron chi connectivity index (χ2n) is 5.61. The van der Waals surface area contributed by atoms with Gasteiger partial charge in [-0.1, -0.05) is 25.2 Å². The molecule has 0 bridgehead atoms. The number of benzene rings is 1. The van der Waals surface area contributed by atoms with Gasteiger partial charge < -0.3 is 4.74 Å². The first-order valence-electron chi connectivity index (χ1n) is 8.32. The van der Waals surface area contributed by atoms with Crippen molar-refractivity contribution in [2.24, 2.45) is 0 Å². The summed E-state index contributed by atoms with van der Waals surface area (Å²) in [4.78, 5) is 27.9. The normalized spacial score (nSPS) is 11.5. The number of sulfonamides is 1. The van der Waals surface area contributed by atoms with E-state index in [-0.39, 0.29) is 28.7 Å². The van der Waals surface area contributed by atoms with Crippen LogP contribution in [-0.4, -0.2) is 49.8 Å². The van der Waals surface area contributed by atoms with Crippen LogP contribution in [0.15, 0.2) is 23.1 Å². The molecule has 11 heteroatoms. The van der Waals surface area contributed by atoms with Gasteiger partial charge in [-0.25, -0.2) is 22.6 Å². The number of nitrogens with zero attached hydrogens (tertiary/aromatic N) is 2. The topological polar surface area (TPSA) is 106 Å². The largest absolute Gasteiger partial charge is 0.465 e. The first-order valence-corrected chi connectivity index (χ1v) is 10.6. The lowest BCUT2D eigenvalue weighted by Crippen LogP contribution is -2.31. The minimum absolute atomic E-state index is 0.0559. The maximum absolute atomic E-state index is 14.2. The average Bonchev–Trinajstić information content (AvgIpc) is 3.02. The van der Waals surface area contributed by atoms with Gasteiger partial charge in [0.1, 0.15) is 15.6 Å². The van der Waals surface area contributed by atoms with Crippen LogP contribution in [0.2, 0.25) is 0 Å². The van der Waals surface area contributed by atoms with Crippen LogP contribution in [0.1, 0.15) is 39.6 Å². The van der Waals surface area contributed by atoms with Gasteiger partial charge >= 0.3 is 5.97 Å². The smallest absolute Gasteiger partial charge is 0.350 e. The molecule has 0 aliphatic carbocycles. The number of carbonyl (C=O) groups is 2. The van der Waals surface area contributed by atoms with E-state index in [0.717, 1.165) is 27.8 Å². The van der Waals surface area contributed by atoms with E-state index in [1.807, 2.05) is 0 Å². The molecule has 0 atom stereocenters. The van der Waals surface area contributed by atoms with Gasteiger partial charge in [0.2, 0.25) is 10.0 Å². The van der Waals surface area contributed by atoms with Crippen LogP contribution in [0.4, 0.5) is 9.52 Å². The number of hydrogen-bond donors (Lipinski definition) is 1. The Hall–Kier alpha value is -2.37. The number of hydrogen-bond acceptors (Lipinski definition) is 7. The molecule has 0 spiro atoms. The summed E-state index contributed by atoms with van der Waals surface area (Å²) >= 11 is 0.922. The first-order chi connectivity index (χ1) is 13.1. The van der Waals surface area contributed by atoms with Crippen LogP contribution in [-0.2, 0) is 14.8 Å². The highest BCUT2D eigenvalue weighted by Crippen LogP contribution is 2.25. The molecular weight excluding hydrogens is 409 g/mol. The van der Waals surface area contributed by atoms with Crippen LogP contribution >= 0.6 is 11.3 Å². The lowest BCUT2D eigenvalue weighted by Gasteiger charge is -2.19. The molecule has 28 heavy (non-hydrogen) atoms. The molecule has 1 amide bonds. The van der Waals surface area contributed by atoms with Crippen LogP contribution in [0.5, 0.6) is 0 Å². The monoisotopic (exact) mass is 429 g/mol. The zero-order valence-electron chi connectivity index (χ0n) is 15.8. The number of aromatic nitrogens is 1. The van der Waals surface area contributed by atoms with E-state index in [2.05, 4.69) is 15.0 Å². The third-order valence-electron chi connectivity index (χ3n) is 3.90. The fraction of sp³-hybridized carbons (Fsp3) is 0.353. The maximum atomic E-state index is 14.2. The van der Waals surface area contributed by atoms with Crippen molar-refractivity contribution in [2.45, 2.75) is 25.7 Å². The molecule has 0 unspecified atom stereocenters. The van der Waals surface area contributed by atoms with Crippen LogP contribution in [0.25, 0.3) is 0 Å². The van der Waals surface area contributed by atoms with E-state index in [1.54, 1.807) is 20.8 Å². The molecule has 0 aliphatic rings. The number of ether oxygens (including phenoxy) is 1. The second-order valence-corrected chi connectivity index (χ2v) is 8.52. The Morgan fingerprint density at radius 1 is 1.29 bits per heavy atom. The van der Waals surface area contributed by atoms with Crippen LogP contribution in [0.3, 0.4) is 0 Å². The maximum Gasteiger partial charge on any atom is 0.350 e. The van der Waals surface area contributed by atoms with Crippen molar-refractivity contribution >= 4 is 38.4 Å². The SMILES string of the molecule is CCN(CC)S(=O)(=O)c1cc(C(=O)Nc2nc(C)c(C(=O)OC)s2)ccc1F. The van der Waals surface area contributed by atoms with Gasteiger partial charge in [-0.15, -0.1) is 0 Å². The Balaban J connectivity index is 2.34. The molecule has 2 aromatic rings. The number of rotatable bonds is 7. The van der Waals surface area contributed by atoms with Crippen molar-refractivity contribution < 1.29 is 27.1 Å². The highest BCUT2D eigenvalue weighted by Gasteiger charge is 2.26. The summed E-state index contributed by atoms with van der Waals surface area (Å²) in [7, 11) is -2.84. The second kappa shape index (κ2) is 8.76. The molecule has 1 aromatic heterocycles. The van der Waals surface area contributed by atoms with Gasteiger partial charge in [0, 0.05) is 18.7 Å². The molecule has 0 fully saturated rings. The molecule has 0 saturated carbocycles. The highest BCUT2D eigenvalue weighted by molar-refractivity contribution is 7.89. The summed E-state index contributed by atoms with van der Waals surface area (Å²) < 4.78 is 45.1. The van der Waals surface area contributed by atoms with E-state index in [9.17, 15) is 22.4 Å². The number of methoxy groups -OCH3 is 1. The molecule has 152 valence electrons. The summed E-state index contributed by atoms with van der Waals surface area (Å²) in [6.07, 6.45) is 0. The number of amides is 1. The average molecular weight is 429 g/mol. The summed E-state index contributed by atoms with van der Waals surface area (Å²) in [5.74, 6) is -2.20. The minimum Gasteiger partial charge on any atom is -0.465 e. The first kappa shape index (κ1) is 21.9. The summed E-state index contributed by atoms with van der Waals surface area (Å²) in [5, 5.41) is 2.62. The minimum atomic E-state index is -4.07. The predicted molar refractivity (Wildman–Crippen MR) is 103 cm³/mol. The standard InChI is InChI=1S/C17H20FN3O5S2/c1-5-21(6-2)28(24,25)13-9-11(7-8-12(13)18)15(22)20-17-19-10(3)14(27-17)16(23)26-4/h7-9H,5-6H2,1-4H3,(H,19,20,22). The van der Waals surface area contributed by atoms with Gasteiger partial charge in [0.25, 0.3) is 5.91 Å². The van der Waals surface area contributed by atoms with Crippen molar-refractivity contribution in [2.75, 3.05) is 25.5 Å². The predicted octanol–water partition coefficient (Wildman–Crippen LogP) is 2.66. The van der Waals surface area contributed by atoms with E-state index in [4.69, 9.17) is 0 Å². The number of carbonyl (C=O) groups excluding carboxylic acids is 2. The van der Waals surface area contributed by atoms with E-state index in [0.29, 0.717) is 5.69 Å². The number of thiazole rings is 1. The number of esters is 1. The molecule has 0 radical (unpaired) electrons. The van der Waals surface area contributed by atoms with Gasteiger partial charge in [0.05, 0.1) is 12.8 Å². The number of nitrogens with one attached hydrogen (secondary N) is 1. The lowest BCUT2D eigenvalue weighted by atomic mass is 10.2. The summed E-state index contributed by atoms with van der Waals surface area (Å²) in [6.45, 7) is 5.20. The number of anilines is 1. The summed E-state index contributed by atoms with van der Waals surface area (Å²) in [6, 6.07) is 3.09. The third-order valence-corrected chi connectivity index (χ3v) is 7.02. The molecule has 0 saturated heterocycles. The Morgan fingerprint density at radius 2 is 1.93 bits per heavy atom. The Labute approximate surface area is 166 Å². The van der Waals surface area contributed by atoms with Crippen molar-refractivity contribution in [3.63, 3.8) is 0 Å². The van der Waals surface area contributed by atoms with Crippen LogP contribution in [0, 0.1) is 12.7 Å². The summed E-state index contributed by atoms with van der Waals surface area (Å²) in [5.41, 5.74) is 0.329. The number of halogens is 1. The number of aryl methyl sites for hydroxylation is 1. The van der Waals surface area contributed by atoms with Gasteiger partial charge in [-0.2, -0.15) is 4.31 Å². The van der Waals surface area contributed by atoms with Crippen molar-refractivity contribution in [1.82, 2.24) is 9.29 Å². The molecular formula is C17H20FN3O5S2.